The van der Waals surface area contributed by atoms with Crippen LogP contribution in [0.1, 0.15) is 28.8 Å². The molecule has 1 aliphatic rings. The summed E-state index contributed by atoms with van der Waals surface area (Å²) in [6.07, 6.45) is -0.247. The molecule has 41 heteroatoms. The number of carbonyl (C=O) groups excluding carboxylic acids is 1. The SMILES string of the molecule is N#Cc1ccc(S(=O)(=O)Nc2nc3ccccc3nc2Cl)cc1.O=C(c1ccc(S(=O)(=O)Nc2nc3ccccc3nc2Cl)cc1)N1CCC(F)CC1.O=S(=O)(Nc1nc2ccccc2nc1Cl)c1ccc(F)cc1.O=S(=O)(Nc1nc2ccccc2nc1Cl)c1ccccc1.O=S(=O)(Nc1nc2ccccc2nc1Cl)c1ccccc1Cl. The van der Waals surface area contributed by atoms with Crippen LogP contribution in [-0.2, 0) is 50.1 Å². The Morgan fingerprint density at radius 1 is 0.339 bits per heavy atom. The highest BCUT2D eigenvalue weighted by atomic mass is 35.5. The number of anilines is 5. The lowest BCUT2D eigenvalue weighted by Crippen LogP contribution is -2.39. The number of nitrogens with zero attached hydrogens (tertiary/aromatic N) is 12. The third-order valence-corrected chi connectivity index (χ3v) is 25.1. The van der Waals surface area contributed by atoms with Crippen LogP contribution in [0.3, 0.4) is 0 Å². The predicted molar refractivity (Wildman–Crippen MR) is 449 cm³/mol. The van der Waals surface area contributed by atoms with Crippen LogP contribution < -0.4 is 23.6 Å². The first kappa shape index (κ1) is 85.6. The minimum absolute atomic E-state index is 0.00234. The van der Waals surface area contributed by atoms with Gasteiger partial charge in [0.15, 0.2) is 54.9 Å². The Morgan fingerprint density at radius 2 is 0.593 bits per heavy atom. The number of likely N-dealkylation sites (tertiary alicyclic amines) is 1. The molecule has 15 aromatic rings. The van der Waals surface area contributed by atoms with Crippen molar-refractivity contribution in [2.45, 2.75) is 43.5 Å². The first-order chi connectivity index (χ1) is 56.3. The summed E-state index contributed by atoms with van der Waals surface area (Å²) in [6.45, 7) is 0.696. The van der Waals surface area contributed by atoms with Gasteiger partial charge < -0.3 is 4.90 Å². The van der Waals surface area contributed by atoms with Crippen LogP contribution >= 0.6 is 69.6 Å². The minimum atomic E-state index is -3.99. The van der Waals surface area contributed by atoms with Gasteiger partial charge in [0.2, 0.25) is 0 Å². The summed E-state index contributed by atoms with van der Waals surface area (Å²) >= 11 is 36.0. The predicted octanol–water partition coefficient (Wildman–Crippen LogP) is 16.7. The van der Waals surface area contributed by atoms with Gasteiger partial charge in [-0.25, -0.2) is 101 Å². The molecule has 0 bridgehead atoms. The van der Waals surface area contributed by atoms with Crippen LogP contribution in [0.25, 0.3) is 55.2 Å². The highest BCUT2D eigenvalue weighted by Crippen LogP contribution is 2.32. The first-order valence-corrected chi connectivity index (χ1v) is 43.8. The molecule has 6 heterocycles. The van der Waals surface area contributed by atoms with E-state index in [2.05, 4.69) is 73.5 Å². The maximum Gasteiger partial charge on any atom is 0.264 e. The summed E-state index contributed by atoms with van der Waals surface area (Å²) < 4.78 is 162. The average Bonchev–Trinajstić information content (AvgIpc) is 0.825. The number of aromatic nitrogens is 10. The van der Waals surface area contributed by atoms with Crippen LogP contribution in [0.4, 0.5) is 37.9 Å². The zero-order valence-corrected chi connectivity index (χ0v) is 68.6. The number of benzene rings is 10. The van der Waals surface area contributed by atoms with E-state index in [1.807, 2.05) is 6.07 Å². The second-order valence-electron chi connectivity index (χ2n) is 24.6. The number of carbonyl (C=O) groups is 1. The smallest absolute Gasteiger partial charge is 0.264 e. The molecule has 0 saturated carbocycles. The summed E-state index contributed by atoms with van der Waals surface area (Å²) in [5, 5.41) is 8.66. The topological polar surface area (TPSA) is 404 Å². The monoisotopic (exact) mass is 1800 g/mol. The van der Waals surface area contributed by atoms with Gasteiger partial charge in [-0.15, -0.1) is 0 Å². The molecule has 1 aliphatic heterocycles. The summed E-state index contributed by atoms with van der Waals surface area (Å²) in [4.78, 5) is 55.6. The number of para-hydroxylation sites is 10. The van der Waals surface area contributed by atoms with Crippen molar-refractivity contribution in [3.8, 4) is 6.07 Å². The van der Waals surface area contributed by atoms with Gasteiger partial charge in [-0.3, -0.25) is 28.4 Å². The van der Waals surface area contributed by atoms with E-state index >= 15 is 0 Å². The van der Waals surface area contributed by atoms with Gasteiger partial charge in [0.25, 0.3) is 56.0 Å². The second-order valence-corrected chi connectivity index (χ2v) is 35.2. The molecule has 5 N–H and O–H groups in total. The maximum atomic E-state index is 13.3. The maximum absolute atomic E-state index is 13.3. The average molecular weight is 1810 g/mol. The number of hydrogen-bond donors (Lipinski definition) is 5. The molecule has 28 nitrogen and oxygen atoms in total. The van der Waals surface area contributed by atoms with Gasteiger partial charge >= 0.3 is 0 Å². The van der Waals surface area contributed by atoms with Gasteiger partial charge in [-0.05, 0) is 171 Å². The van der Waals surface area contributed by atoms with E-state index in [9.17, 15) is 55.7 Å². The molecule has 600 valence electrons. The lowest BCUT2D eigenvalue weighted by atomic mass is 10.1. The number of fused-ring (bicyclic) bond motifs is 5. The van der Waals surface area contributed by atoms with Crippen molar-refractivity contribution in [2.75, 3.05) is 36.7 Å². The molecule has 5 aromatic heterocycles. The number of halogens is 8. The van der Waals surface area contributed by atoms with Crippen molar-refractivity contribution in [1.29, 1.82) is 5.26 Å². The Labute approximate surface area is 702 Å². The van der Waals surface area contributed by atoms with Crippen molar-refractivity contribution in [3.05, 3.63) is 296 Å². The molecule has 1 saturated heterocycles. The second kappa shape index (κ2) is 37.2. The minimum Gasteiger partial charge on any atom is -0.338 e. The number of hydrogen-bond acceptors (Lipinski definition) is 22. The fourth-order valence-electron chi connectivity index (χ4n) is 10.7. The normalized spacial score (nSPS) is 12.4. The van der Waals surface area contributed by atoms with E-state index in [1.165, 1.54) is 72.8 Å². The number of rotatable bonds is 16. The van der Waals surface area contributed by atoms with Gasteiger partial charge in [-0.1, -0.05) is 161 Å². The fourth-order valence-corrected chi connectivity index (χ4v) is 17.5. The molecule has 0 spiro atoms. The molecular weight excluding hydrogens is 1750 g/mol. The molecule has 10 aromatic carbocycles. The van der Waals surface area contributed by atoms with Crippen molar-refractivity contribution in [1.82, 2.24) is 54.7 Å². The Morgan fingerprint density at radius 3 is 0.898 bits per heavy atom. The number of piperidine rings is 1. The fraction of sp³-hybridized carbons (Fsp3) is 0.0649. The van der Waals surface area contributed by atoms with Crippen LogP contribution in [0, 0.1) is 17.1 Å². The summed E-state index contributed by atoms with van der Waals surface area (Å²) in [5.41, 5.74) is 6.17. The van der Waals surface area contributed by atoms with Crippen molar-refractivity contribution < 1.29 is 55.7 Å². The van der Waals surface area contributed by atoms with Crippen LogP contribution in [0.2, 0.25) is 30.8 Å². The number of nitrogens with one attached hydrogen (secondary N) is 5. The van der Waals surface area contributed by atoms with E-state index in [0.717, 1.165) is 24.3 Å². The molecule has 0 atom stereocenters. The van der Waals surface area contributed by atoms with Crippen LogP contribution in [0.15, 0.2) is 273 Å². The van der Waals surface area contributed by atoms with Crippen molar-refractivity contribution in [3.63, 3.8) is 0 Å². The lowest BCUT2D eigenvalue weighted by Gasteiger charge is -2.28. The van der Waals surface area contributed by atoms with Gasteiger partial charge in [0.1, 0.15) is 16.9 Å². The van der Waals surface area contributed by atoms with E-state index in [-0.39, 0.29) is 90.3 Å². The molecule has 16 rings (SSSR count). The number of sulfonamides is 5. The van der Waals surface area contributed by atoms with Crippen molar-refractivity contribution in [2.24, 2.45) is 0 Å². The molecule has 0 radical (unpaired) electrons. The lowest BCUT2D eigenvalue weighted by molar-refractivity contribution is 0.0666. The highest BCUT2D eigenvalue weighted by Gasteiger charge is 2.27. The molecule has 0 aliphatic carbocycles. The quantitative estimate of drug-likeness (QED) is 0.0600. The first-order valence-electron chi connectivity index (χ1n) is 34.2. The molecule has 118 heavy (non-hydrogen) atoms. The summed E-state index contributed by atoms with van der Waals surface area (Å²) in [7, 11) is -19.4. The number of nitriles is 1. The number of alkyl halides is 1. The zero-order chi connectivity index (χ0) is 84.1. The Balaban J connectivity index is 0.000000136. The van der Waals surface area contributed by atoms with Gasteiger partial charge in [0.05, 0.1) is 91.4 Å². The van der Waals surface area contributed by atoms with E-state index in [0.29, 0.717) is 92.2 Å². The number of amides is 1. The van der Waals surface area contributed by atoms with Crippen LogP contribution in [0.5, 0.6) is 0 Å². The van der Waals surface area contributed by atoms with E-state index < -0.39 is 62.1 Å². The summed E-state index contributed by atoms with van der Waals surface area (Å²) in [5.74, 6) is -1.01. The summed E-state index contributed by atoms with van der Waals surface area (Å²) in [6, 6.07) is 66.5. The zero-order valence-electron chi connectivity index (χ0n) is 60.0. The Bertz CT molecular complexity index is 6960. The molecule has 0 unspecified atom stereocenters. The third kappa shape index (κ3) is 21.5. The van der Waals surface area contributed by atoms with Gasteiger partial charge in [0, 0.05) is 18.7 Å². The van der Waals surface area contributed by atoms with Gasteiger partial charge in [-0.2, -0.15) is 5.26 Å². The Kier molecular flexibility index (Phi) is 27.0. The molecular formula is C77H55Cl6F2N17O11S5. The van der Waals surface area contributed by atoms with Crippen LogP contribution in [-0.4, -0.2) is 122 Å². The largest absolute Gasteiger partial charge is 0.338 e. The van der Waals surface area contributed by atoms with E-state index in [1.54, 1.807) is 157 Å². The van der Waals surface area contributed by atoms with E-state index in [4.69, 9.17) is 74.9 Å². The van der Waals surface area contributed by atoms with Crippen molar-refractivity contribution >= 4 is 210 Å². The third-order valence-electron chi connectivity index (χ3n) is 16.5. The standard InChI is InChI=1S/C20H18ClFN4O3S.C15H9ClN4O2S.C14H9Cl2N3O2S.C14H9ClFN3O2S.C14H10ClN3O2S/c21-18-19(24-17-4-2-1-3-16(17)23-18)25-30(28,29)15-7-5-13(6-8-15)20(27)26-11-9-14(22)10-12-26;16-14-15(19-13-4-2-1-3-12(13)18-14)20-23(21,22)11-7-5-10(9-17)6-8-11;15-9-5-1-4-8-12(9)22(20,21)19-14-13(16)17-10-6-2-3-7-11(10)18-14;15-13-14(18-12-4-2-1-3-11(12)17-13)19-22(20,21)10-7-5-9(16)6-8-10;15-13-14(17-12-9-5-4-8-11(12)16-13)18-21(19,20)10-6-2-1-3-7-10/h1-8,14H,9-12H2,(H,24,25);1-8H,(H,19,20);2*1-8H,(H,18,19);1-9H,(H,17,18). The Hall–Kier alpha value is -11.8. The highest BCUT2D eigenvalue weighted by molar-refractivity contribution is 7.94. The molecule has 1 amide bonds. The molecule has 1 fully saturated rings.